The molecular formula is C25H29NO6S. The second-order valence-corrected chi connectivity index (χ2v) is 8.80. The third-order valence-corrected chi connectivity index (χ3v) is 5.58. The summed E-state index contributed by atoms with van der Waals surface area (Å²) >= 11 is 0. The van der Waals surface area contributed by atoms with Crippen LogP contribution in [-0.4, -0.2) is 35.7 Å². The van der Waals surface area contributed by atoms with Gasteiger partial charge in [0.25, 0.3) is 0 Å². The smallest absolute Gasteiger partial charge is 0.394 e. The monoisotopic (exact) mass is 471 g/mol. The minimum atomic E-state index is -4.67. The van der Waals surface area contributed by atoms with Gasteiger partial charge in [-0.1, -0.05) is 36.4 Å². The average molecular weight is 472 g/mol. The number of rotatable bonds is 7. The van der Waals surface area contributed by atoms with E-state index in [0.717, 1.165) is 30.8 Å². The molecule has 0 aliphatic heterocycles. The van der Waals surface area contributed by atoms with Gasteiger partial charge in [-0.15, -0.1) is 0 Å². The number of hydrogen-bond acceptors (Lipinski definition) is 5. The first-order valence-electron chi connectivity index (χ1n) is 10.8. The van der Waals surface area contributed by atoms with Crippen LogP contribution >= 0.6 is 0 Å². The topological polar surface area (TPSA) is 106 Å². The molecule has 3 aromatic rings. The molecule has 2 N–H and O–H groups in total. The van der Waals surface area contributed by atoms with Gasteiger partial charge in [-0.3, -0.25) is 14.1 Å². The fourth-order valence-corrected chi connectivity index (χ4v) is 4.06. The lowest BCUT2D eigenvalue weighted by atomic mass is 9.86. The molecule has 1 fully saturated rings. The lowest BCUT2D eigenvalue weighted by molar-refractivity contribution is 0.200. The van der Waals surface area contributed by atoms with Crippen molar-refractivity contribution < 1.29 is 27.0 Å². The van der Waals surface area contributed by atoms with Crippen LogP contribution in [0.2, 0.25) is 0 Å². The highest BCUT2D eigenvalue weighted by atomic mass is 32.3. The van der Waals surface area contributed by atoms with Crippen LogP contribution in [-0.2, 0) is 16.8 Å². The maximum atomic E-state index is 8.74. The SMILES string of the molecule is COc1ccc(C(Cc2ccncc2)c2ccccc2)cc1OC1CCCC1.O=S(=O)(O)O. The summed E-state index contributed by atoms with van der Waals surface area (Å²) in [6.07, 6.45) is 9.71. The Kier molecular flexibility index (Phi) is 8.82. The van der Waals surface area contributed by atoms with Crippen LogP contribution in [0.25, 0.3) is 0 Å². The minimum absolute atomic E-state index is 0.250. The first-order valence-corrected chi connectivity index (χ1v) is 12.2. The lowest BCUT2D eigenvalue weighted by Crippen LogP contribution is -2.12. The fraction of sp³-hybridized carbons (Fsp3) is 0.320. The molecule has 0 radical (unpaired) electrons. The molecule has 0 bridgehead atoms. The van der Waals surface area contributed by atoms with Gasteiger partial charge in [-0.25, -0.2) is 0 Å². The Morgan fingerprint density at radius 2 is 1.58 bits per heavy atom. The van der Waals surface area contributed by atoms with Crippen molar-refractivity contribution in [3.8, 4) is 11.5 Å². The zero-order valence-corrected chi connectivity index (χ0v) is 19.3. The molecule has 2 aromatic carbocycles. The van der Waals surface area contributed by atoms with E-state index in [2.05, 4.69) is 59.6 Å². The summed E-state index contributed by atoms with van der Waals surface area (Å²) in [5.41, 5.74) is 3.83. The molecule has 1 heterocycles. The van der Waals surface area contributed by atoms with Crippen molar-refractivity contribution in [3.05, 3.63) is 89.7 Å². The van der Waals surface area contributed by atoms with Gasteiger partial charge in [0.15, 0.2) is 11.5 Å². The van der Waals surface area contributed by atoms with E-state index in [-0.39, 0.29) is 5.92 Å². The van der Waals surface area contributed by atoms with E-state index in [1.54, 1.807) is 7.11 Å². The van der Waals surface area contributed by atoms with Gasteiger partial charge in [0.1, 0.15) is 0 Å². The van der Waals surface area contributed by atoms with Crippen LogP contribution in [0.15, 0.2) is 73.1 Å². The van der Waals surface area contributed by atoms with Crippen LogP contribution in [0, 0.1) is 0 Å². The fourth-order valence-electron chi connectivity index (χ4n) is 4.06. The van der Waals surface area contributed by atoms with Crippen LogP contribution in [0.1, 0.15) is 48.3 Å². The van der Waals surface area contributed by atoms with Crippen molar-refractivity contribution in [2.45, 2.75) is 44.1 Å². The largest absolute Gasteiger partial charge is 0.493 e. The van der Waals surface area contributed by atoms with Crippen molar-refractivity contribution >= 4 is 10.4 Å². The molecule has 0 saturated heterocycles. The third kappa shape index (κ3) is 8.16. The first kappa shape index (κ1) is 24.7. The number of hydrogen-bond donors (Lipinski definition) is 2. The van der Waals surface area contributed by atoms with Crippen molar-refractivity contribution in [2.24, 2.45) is 0 Å². The second kappa shape index (κ2) is 11.8. The van der Waals surface area contributed by atoms with E-state index >= 15 is 0 Å². The molecular weight excluding hydrogens is 442 g/mol. The Labute approximate surface area is 195 Å². The molecule has 1 aromatic heterocycles. The van der Waals surface area contributed by atoms with Crippen molar-refractivity contribution in [3.63, 3.8) is 0 Å². The average Bonchev–Trinajstić information content (AvgIpc) is 3.31. The molecule has 0 amide bonds. The Balaban J connectivity index is 0.000000555. The van der Waals surface area contributed by atoms with E-state index in [0.29, 0.717) is 6.10 Å². The van der Waals surface area contributed by atoms with Gasteiger partial charge in [0, 0.05) is 18.3 Å². The molecule has 0 spiro atoms. The highest BCUT2D eigenvalue weighted by Gasteiger charge is 2.21. The molecule has 4 rings (SSSR count). The van der Waals surface area contributed by atoms with E-state index in [1.807, 2.05) is 18.5 Å². The molecule has 1 unspecified atom stereocenters. The van der Waals surface area contributed by atoms with Crippen LogP contribution in [0.3, 0.4) is 0 Å². The maximum Gasteiger partial charge on any atom is 0.394 e. The number of pyridine rings is 1. The summed E-state index contributed by atoms with van der Waals surface area (Å²) < 4.78 is 43.5. The summed E-state index contributed by atoms with van der Waals surface area (Å²) in [7, 11) is -2.96. The summed E-state index contributed by atoms with van der Waals surface area (Å²) in [6, 6.07) is 21.3. The Morgan fingerprint density at radius 3 is 2.18 bits per heavy atom. The molecule has 1 aliphatic carbocycles. The van der Waals surface area contributed by atoms with E-state index in [1.165, 1.54) is 29.5 Å². The normalized spacial score (nSPS) is 14.8. The highest BCUT2D eigenvalue weighted by molar-refractivity contribution is 7.79. The molecule has 176 valence electrons. The lowest BCUT2D eigenvalue weighted by Gasteiger charge is -2.22. The number of aromatic nitrogens is 1. The van der Waals surface area contributed by atoms with E-state index in [9.17, 15) is 0 Å². The number of methoxy groups -OCH3 is 1. The predicted octanol–water partition coefficient (Wildman–Crippen LogP) is 5.13. The van der Waals surface area contributed by atoms with Crippen LogP contribution in [0.5, 0.6) is 11.5 Å². The number of benzene rings is 2. The standard InChI is InChI=1S/C25H27NO2.H2O4S/c1-27-24-12-11-21(18-25(24)28-22-9-5-6-10-22)23(20-7-3-2-4-8-20)17-19-13-15-26-16-14-19;1-5(2,3)4/h2-4,7-8,11-16,18,22-23H,5-6,9-10,17H2,1H3;(H2,1,2,3,4). The van der Waals surface area contributed by atoms with Gasteiger partial charge in [-0.2, -0.15) is 8.42 Å². The third-order valence-electron chi connectivity index (χ3n) is 5.58. The van der Waals surface area contributed by atoms with Crippen molar-refractivity contribution in [1.82, 2.24) is 4.98 Å². The highest BCUT2D eigenvalue weighted by Crippen LogP contribution is 2.37. The van der Waals surface area contributed by atoms with Gasteiger partial charge < -0.3 is 9.47 Å². The van der Waals surface area contributed by atoms with Gasteiger partial charge in [0.2, 0.25) is 0 Å². The summed E-state index contributed by atoms with van der Waals surface area (Å²) in [5, 5.41) is 0. The number of ether oxygens (including phenoxy) is 2. The Morgan fingerprint density at radius 1 is 0.939 bits per heavy atom. The Bertz CT molecular complexity index is 1090. The number of nitrogens with zero attached hydrogens (tertiary/aromatic N) is 1. The maximum absolute atomic E-state index is 8.74. The van der Waals surface area contributed by atoms with E-state index < -0.39 is 10.4 Å². The zero-order valence-electron chi connectivity index (χ0n) is 18.5. The van der Waals surface area contributed by atoms with E-state index in [4.69, 9.17) is 27.0 Å². The van der Waals surface area contributed by atoms with Gasteiger partial charge in [0.05, 0.1) is 13.2 Å². The van der Waals surface area contributed by atoms with Gasteiger partial charge >= 0.3 is 10.4 Å². The quantitative estimate of drug-likeness (QED) is 0.460. The van der Waals surface area contributed by atoms with Crippen LogP contribution < -0.4 is 9.47 Å². The molecule has 8 heteroatoms. The molecule has 1 atom stereocenters. The van der Waals surface area contributed by atoms with Crippen molar-refractivity contribution in [1.29, 1.82) is 0 Å². The first-order chi connectivity index (χ1) is 15.8. The summed E-state index contributed by atoms with van der Waals surface area (Å²) in [4.78, 5) is 4.16. The molecule has 33 heavy (non-hydrogen) atoms. The predicted molar refractivity (Wildman–Crippen MR) is 126 cm³/mol. The van der Waals surface area contributed by atoms with Crippen LogP contribution in [0.4, 0.5) is 0 Å². The Hall–Kier alpha value is -2.94. The van der Waals surface area contributed by atoms with Gasteiger partial charge in [-0.05, 0) is 73.1 Å². The zero-order chi connectivity index (χ0) is 23.7. The summed E-state index contributed by atoms with van der Waals surface area (Å²) in [6.45, 7) is 0. The van der Waals surface area contributed by atoms with Crippen molar-refractivity contribution in [2.75, 3.05) is 7.11 Å². The molecule has 7 nitrogen and oxygen atoms in total. The summed E-state index contributed by atoms with van der Waals surface area (Å²) in [5.74, 6) is 1.93. The second-order valence-electron chi connectivity index (χ2n) is 7.91. The minimum Gasteiger partial charge on any atom is -0.493 e. The molecule has 1 saturated carbocycles. The molecule has 1 aliphatic rings.